The molecule has 0 fully saturated rings. The minimum Gasteiger partial charge on any atom is -0.287 e. The van der Waals surface area contributed by atoms with Gasteiger partial charge in [-0.2, -0.15) is 10.5 Å². The van der Waals surface area contributed by atoms with Gasteiger partial charge < -0.3 is 0 Å². The predicted octanol–water partition coefficient (Wildman–Crippen LogP) is 2.04. The van der Waals surface area contributed by atoms with E-state index in [1.54, 1.807) is 0 Å². The molecule has 0 amide bonds. The normalized spacial score (nSPS) is 9.81. The van der Waals surface area contributed by atoms with Crippen molar-refractivity contribution in [2.75, 3.05) is 13.1 Å². The summed E-state index contributed by atoms with van der Waals surface area (Å²) in [6.07, 6.45) is 0. The lowest BCUT2D eigenvalue weighted by Crippen LogP contribution is -2.23. The van der Waals surface area contributed by atoms with Crippen LogP contribution in [-0.2, 0) is 6.54 Å². The molecule has 3 nitrogen and oxygen atoms in total. The van der Waals surface area contributed by atoms with Crippen LogP contribution >= 0.6 is 0 Å². The van der Waals surface area contributed by atoms with Crippen LogP contribution in [0.2, 0.25) is 0 Å². The molecule has 0 aliphatic heterocycles. The number of nitrogens with zero attached hydrogens (tertiary/aromatic N) is 3. The molecule has 82 valence electrons. The zero-order valence-corrected chi connectivity index (χ0v) is 9.07. The molecule has 0 spiro atoms. The smallest absolute Gasteiger partial charge is 0.123 e. The summed E-state index contributed by atoms with van der Waals surface area (Å²) in [5, 5.41) is 17.5. The van der Waals surface area contributed by atoms with Crippen LogP contribution in [-0.4, -0.2) is 18.0 Å². The Hall–Kier alpha value is -1.91. The second-order valence-electron chi connectivity index (χ2n) is 3.37. The molecule has 0 saturated carbocycles. The van der Waals surface area contributed by atoms with E-state index in [4.69, 9.17) is 10.5 Å². The van der Waals surface area contributed by atoms with E-state index in [0.29, 0.717) is 24.2 Å². The summed E-state index contributed by atoms with van der Waals surface area (Å²) in [6.45, 7) is 3.31. The second-order valence-corrected chi connectivity index (χ2v) is 3.37. The standard InChI is InChI=1S/C12H12FN3/c1-2-16(6-5-14)9-11-7-12(13)4-3-10(11)8-15/h3-4,7H,2,6,9H2,1H3. The molecule has 0 radical (unpaired) electrons. The number of rotatable bonds is 4. The molecule has 1 rings (SSSR count). The summed E-state index contributed by atoms with van der Waals surface area (Å²) in [5.41, 5.74) is 1.08. The van der Waals surface area contributed by atoms with Gasteiger partial charge >= 0.3 is 0 Å². The average molecular weight is 217 g/mol. The van der Waals surface area contributed by atoms with Crippen LogP contribution in [0.4, 0.5) is 4.39 Å². The predicted molar refractivity (Wildman–Crippen MR) is 57.7 cm³/mol. The van der Waals surface area contributed by atoms with Gasteiger partial charge in [-0.15, -0.1) is 0 Å². The Kier molecular flexibility index (Phi) is 4.44. The number of hydrogen-bond acceptors (Lipinski definition) is 3. The third-order valence-corrected chi connectivity index (χ3v) is 2.32. The van der Waals surface area contributed by atoms with E-state index in [0.717, 1.165) is 0 Å². The quantitative estimate of drug-likeness (QED) is 0.725. The molecule has 0 aliphatic rings. The van der Waals surface area contributed by atoms with Gasteiger partial charge in [0, 0.05) is 6.54 Å². The van der Waals surface area contributed by atoms with Crippen molar-refractivity contribution in [2.24, 2.45) is 0 Å². The van der Waals surface area contributed by atoms with Gasteiger partial charge in [0.15, 0.2) is 0 Å². The Morgan fingerprint density at radius 2 is 2.12 bits per heavy atom. The summed E-state index contributed by atoms with van der Waals surface area (Å²) < 4.78 is 13.0. The molecule has 0 saturated heterocycles. The Labute approximate surface area is 94.3 Å². The molecule has 1 aromatic rings. The zero-order valence-electron chi connectivity index (χ0n) is 9.07. The topological polar surface area (TPSA) is 50.8 Å². The molecular weight excluding hydrogens is 205 g/mol. The van der Waals surface area contributed by atoms with Crippen LogP contribution < -0.4 is 0 Å². The van der Waals surface area contributed by atoms with Gasteiger partial charge in [0.1, 0.15) is 5.82 Å². The van der Waals surface area contributed by atoms with Gasteiger partial charge in [-0.25, -0.2) is 4.39 Å². The zero-order chi connectivity index (χ0) is 12.0. The summed E-state index contributed by atoms with van der Waals surface area (Å²) in [5.74, 6) is -0.359. The molecule has 0 heterocycles. The van der Waals surface area contributed by atoms with Gasteiger partial charge in [0.05, 0.1) is 24.2 Å². The molecule has 0 bridgehead atoms. The largest absolute Gasteiger partial charge is 0.287 e. The SMILES string of the molecule is CCN(CC#N)Cc1cc(F)ccc1C#N. The molecule has 0 atom stereocenters. The highest BCUT2D eigenvalue weighted by Gasteiger charge is 2.08. The molecule has 0 unspecified atom stereocenters. The molecular formula is C12H12FN3. The van der Waals surface area contributed by atoms with E-state index in [-0.39, 0.29) is 12.4 Å². The van der Waals surface area contributed by atoms with Gasteiger partial charge in [-0.1, -0.05) is 6.92 Å². The lowest BCUT2D eigenvalue weighted by Gasteiger charge is -2.17. The van der Waals surface area contributed by atoms with E-state index in [2.05, 4.69) is 0 Å². The molecule has 0 aliphatic carbocycles. The maximum Gasteiger partial charge on any atom is 0.123 e. The highest BCUT2D eigenvalue weighted by atomic mass is 19.1. The third-order valence-electron chi connectivity index (χ3n) is 2.32. The first-order valence-corrected chi connectivity index (χ1v) is 4.99. The molecule has 0 aromatic heterocycles. The molecule has 1 aromatic carbocycles. The van der Waals surface area contributed by atoms with Gasteiger partial charge in [0.25, 0.3) is 0 Å². The minimum atomic E-state index is -0.359. The van der Waals surface area contributed by atoms with Crippen LogP contribution in [0.3, 0.4) is 0 Å². The first-order valence-electron chi connectivity index (χ1n) is 4.99. The van der Waals surface area contributed by atoms with E-state index >= 15 is 0 Å². The van der Waals surface area contributed by atoms with Crippen molar-refractivity contribution < 1.29 is 4.39 Å². The van der Waals surface area contributed by atoms with Crippen molar-refractivity contribution in [2.45, 2.75) is 13.5 Å². The number of hydrogen-bond donors (Lipinski definition) is 0. The second kappa shape index (κ2) is 5.85. The number of nitriles is 2. The van der Waals surface area contributed by atoms with E-state index in [9.17, 15) is 4.39 Å². The van der Waals surface area contributed by atoms with Gasteiger partial charge in [0.2, 0.25) is 0 Å². The Morgan fingerprint density at radius 3 is 2.69 bits per heavy atom. The Balaban J connectivity index is 2.91. The van der Waals surface area contributed by atoms with Crippen LogP contribution in [0.25, 0.3) is 0 Å². The van der Waals surface area contributed by atoms with Crippen LogP contribution in [0.5, 0.6) is 0 Å². The van der Waals surface area contributed by atoms with Crippen LogP contribution in [0, 0.1) is 28.5 Å². The fraction of sp³-hybridized carbons (Fsp3) is 0.333. The lowest BCUT2D eigenvalue weighted by atomic mass is 10.1. The Morgan fingerprint density at radius 1 is 1.38 bits per heavy atom. The summed E-state index contributed by atoms with van der Waals surface area (Å²) in [6, 6.07) is 8.13. The average Bonchev–Trinajstić information content (AvgIpc) is 2.29. The maximum absolute atomic E-state index is 13.0. The van der Waals surface area contributed by atoms with E-state index in [1.165, 1.54) is 18.2 Å². The van der Waals surface area contributed by atoms with Gasteiger partial charge in [-0.3, -0.25) is 4.90 Å². The molecule has 4 heteroatoms. The van der Waals surface area contributed by atoms with Crippen molar-refractivity contribution in [3.63, 3.8) is 0 Å². The van der Waals surface area contributed by atoms with Crippen LogP contribution in [0.15, 0.2) is 18.2 Å². The van der Waals surface area contributed by atoms with Crippen molar-refractivity contribution in [1.29, 1.82) is 10.5 Å². The monoisotopic (exact) mass is 217 g/mol. The van der Waals surface area contributed by atoms with Gasteiger partial charge in [-0.05, 0) is 30.3 Å². The summed E-state index contributed by atoms with van der Waals surface area (Å²) >= 11 is 0. The fourth-order valence-electron chi connectivity index (χ4n) is 1.42. The first kappa shape index (κ1) is 12.2. The fourth-order valence-corrected chi connectivity index (χ4v) is 1.42. The van der Waals surface area contributed by atoms with Crippen molar-refractivity contribution >= 4 is 0 Å². The number of benzene rings is 1. The molecule has 16 heavy (non-hydrogen) atoms. The number of halogens is 1. The Bertz CT molecular complexity index is 443. The van der Waals surface area contributed by atoms with Crippen molar-refractivity contribution in [3.05, 3.63) is 35.1 Å². The summed E-state index contributed by atoms with van der Waals surface area (Å²) in [4.78, 5) is 1.84. The highest BCUT2D eigenvalue weighted by molar-refractivity contribution is 5.37. The van der Waals surface area contributed by atoms with Crippen LogP contribution in [0.1, 0.15) is 18.1 Å². The lowest BCUT2D eigenvalue weighted by molar-refractivity contribution is 0.314. The minimum absolute atomic E-state index is 0.276. The third kappa shape index (κ3) is 3.05. The maximum atomic E-state index is 13.0. The highest BCUT2D eigenvalue weighted by Crippen LogP contribution is 2.12. The molecule has 0 N–H and O–H groups in total. The van der Waals surface area contributed by atoms with Crippen molar-refractivity contribution in [1.82, 2.24) is 4.90 Å². The summed E-state index contributed by atoms with van der Waals surface area (Å²) in [7, 11) is 0. The first-order chi connectivity index (χ1) is 7.71. The van der Waals surface area contributed by atoms with E-state index < -0.39 is 0 Å². The van der Waals surface area contributed by atoms with Crippen molar-refractivity contribution in [3.8, 4) is 12.1 Å². The van der Waals surface area contributed by atoms with E-state index in [1.807, 2.05) is 24.0 Å².